The van der Waals surface area contributed by atoms with Crippen LogP contribution in [0.4, 0.5) is 0 Å². The lowest BCUT2D eigenvalue weighted by Gasteiger charge is -2.36. The molecule has 2 heteroatoms. The van der Waals surface area contributed by atoms with Crippen LogP contribution in [0.1, 0.15) is 52.4 Å². The third-order valence-electron chi connectivity index (χ3n) is 2.89. The van der Waals surface area contributed by atoms with Gasteiger partial charge in [0, 0.05) is 6.04 Å². The fourth-order valence-corrected chi connectivity index (χ4v) is 1.92. The molecule has 0 amide bonds. The molecule has 1 rings (SSSR count). The molecule has 1 saturated carbocycles. The van der Waals surface area contributed by atoms with Crippen LogP contribution in [-0.4, -0.2) is 11.7 Å². The summed E-state index contributed by atoms with van der Waals surface area (Å²) in [5.74, 6) is 0. The van der Waals surface area contributed by atoms with E-state index in [9.17, 15) is 0 Å². The molecule has 1 aliphatic carbocycles. The summed E-state index contributed by atoms with van der Waals surface area (Å²) in [5.41, 5.74) is 6.18. The van der Waals surface area contributed by atoms with Gasteiger partial charge in [0.2, 0.25) is 0 Å². The molecule has 1 atom stereocenters. The lowest BCUT2D eigenvalue weighted by atomic mass is 9.89. The van der Waals surface area contributed by atoms with Gasteiger partial charge in [-0.15, -0.1) is 0 Å². The van der Waals surface area contributed by atoms with Gasteiger partial charge < -0.3 is 5.73 Å². The largest absolute Gasteiger partial charge is 0.313 e. The second kappa shape index (κ2) is 4.24. The van der Waals surface area contributed by atoms with Crippen LogP contribution in [0.5, 0.6) is 0 Å². The SMILES string of the molecule is CC[C@H](C)NC1(N)CCCCC1. The monoisotopic (exact) mass is 170 g/mol. The highest BCUT2D eigenvalue weighted by Crippen LogP contribution is 2.24. The molecule has 0 aromatic heterocycles. The molecule has 0 bridgehead atoms. The van der Waals surface area contributed by atoms with E-state index in [1.807, 2.05) is 0 Å². The second-order valence-electron chi connectivity index (χ2n) is 4.17. The Morgan fingerprint density at radius 2 is 1.92 bits per heavy atom. The third kappa shape index (κ3) is 2.76. The lowest BCUT2D eigenvalue weighted by Crippen LogP contribution is -2.57. The summed E-state index contributed by atoms with van der Waals surface area (Å²) in [6.45, 7) is 4.41. The van der Waals surface area contributed by atoms with E-state index < -0.39 is 0 Å². The summed E-state index contributed by atoms with van der Waals surface area (Å²) in [4.78, 5) is 0. The van der Waals surface area contributed by atoms with Crippen LogP contribution in [-0.2, 0) is 0 Å². The average Bonchev–Trinajstić information content (AvgIpc) is 2.05. The molecule has 1 aliphatic rings. The summed E-state index contributed by atoms with van der Waals surface area (Å²) < 4.78 is 0. The summed E-state index contributed by atoms with van der Waals surface area (Å²) in [5, 5.41) is 3.52. The second-order valence-corrected chi connectivity index (χ2v) is 4.17. The first-order valence-electron chi connectivity index (χ1n) is 5.23. The van der Waals surface area contributed by atoms with Crippen LogP contribution in [0.25, 0.3) is 0 Å². The standard InChI is InChI=1S/C10H22N2/c1-3-9(2)12-10(11)7-5-4-6-8-10/h9,12H,3-8,11H2,1-2H3/t9-/m0/s1. The van der Waals surface area contributed by atoms with Crippen LogP contribution < -0.4 is 11.1 Å². The minimum atomic E-state index is -0.0479. The Labute approximate surface area is 75.9 Å². The molecule has 0 unspecified atom stereocenters. The Kier molecular flexibility index (Phi) is 3.53. The fourth-order valence-electron chi connectivity index (χ4n) is 1.92. The van der Waals surface area contributed by atoms with Crippen molar-refractivity contribution in [2.24, 2.45) is 5.73 Å². The van der Waals surface area contributed by atoms with Crippen LogP contribution in [0.15, 0.2) is 0 Å². The van der Waals surface area contributed by atoms with Crippen molar-refractivity contribution in [1.29, 1.82) is 0 Å². The highest BCUT2D eigenvalue weighted by Gasteiger charge is 2.27. The van der Waals surface area contributed by atoms with Crippen molar-refractivity contribution in [2.45, 2.75) is 64.1 Å². The zero-order chi connectivity index (χ0) is 9.03. The molecule has 0 saturated heterocycles. The fraction of sp³-hybridized carbons (Fsp3) is 1.00. The summed E-state index contributed by atoms with van der Waals surface area (Å²) >= 11 is 0. The lowest BCUT2D eigenvalue weighted by molar-refractivity contribution is 0.216. The number of rotatable bonds is 3. The van der Waals surface area contributed by atoms with Crippen molar-refractivity contribution < 1.29 is 0 Å². The molecular weight excluding hydrogens is 148 g/mol. The minimum Gasteiger partial charge on any atom is -0.313 e. The van der Waals surface area contributed by atoms with Crippen molar-refractivity contribution in [2.75, 3.05) is 0 Å². The van der Waals surface area contributed by atoms with Gasteiger partial charge in [0.1, 0.15) is 0 Å². The maximum atomic E-state index is 6.22. The maximum absolute atomic E-state index is 6.22. The number of hydrogen-bond acceptors (Lipinski definition) is 2. The molecular formula is C10H22N2. The molecule has 0 aliphatic heterocycles. The van der Waals surface area contributed by atoms with E-state index in [1.54, 1.807) is 0 Å². The van der Waals surface area contributed by atoms with Crippen LogP contribution in [0.2, 0.25) is 0 Å². The van der Waals surface area contributed by atoms with Gasteiger partial charge in [-0.05, 0) is 26.2 Å². The first-order chi connectivity index (χ1) is 5.66. The van der Waals surface area contributed by atoms with Gasteiger partial charge in [-0.25, -0.2) is 0 Å². The Morgan fingerprint density at radius 1 is 1.33 bits per heavy atom. The molecule has 72 valence electrons. The van der Waals surface area contributed by atoms with Crippen molar-refractivity contribution in [3.05, 3.63) is 0 Å². The first-order valence-corrected chi connectivity index (χ1v) is 5.23. The number of nitrogens with one attached hydrogen (secondary N) is 1. The van der Waals surface area contributed by atoms with Gasteiger partial charge in [-0.2, -0.15) is 0 Å². The van der Waals surface area contributed by atoms with E-state index in [0.717, 1.165) is 12.8 Å². The molecule has 2 nitrogen and oxygen atoms in total. The van der Waals surface area contributed by atoms with E-state index in [0.29, 0.717) is 6.04 Å². The van der Waals surface area contributed by atoms with E-state index >= 15 is 0 Å². The topological polar surface area (TPSA) is 38.0 Å². The summed E-state index contributed by atoms with van der Waals surface area (Å²) in [6.07, 6.45) is 7.41. The summed E-state index contributed by atoms with van der Waals surface area (Å²) in [6, 6.07) is 0.563. The zero-order valence-electron chi connectivity index (χ0n) is 8.40. The Hall–Kier alpha value is -0.0800. The van der Waals surface area contributed by atoms with Crippen molar-refractivity contribution >= 4 is 0 Å². The van der Waals surface area contributed by atoms with E-state index in [2.05, 4.69) is 19.2 Å². The third-order valence-corrected chi connectivity index (χ3v) is 2.89. The smallest absolute Gasteiger partial charge is 0.0663 e. The Bertz CT molecular complexity index is 128. The van der Waals surface area contributed by atoms with Crippen molar-refractivity contribution in [3.63, 3.8) is 0 Å². The molecule has 0 heterocycles. The quantitative estimate of drug-likeness (QED) is 0.636. The normalized spacial score (nSPS) is 25.2. The molecule has 0 aromatic carbocycles. The van der Waals surface area contributed by atoms with Crippen LogP contribution >= 0.6 is 0 Å². The highest BCUT2D eigenvalue weighted by atomic mass is 15.1. The van der Waals surface area contributed by atoms with Gasteiger partial charge in [0.15, 0.2) is 0 Å². The molecule has 3 N–H and O–H groups in total. The maximum Gasteiger partial charge on any atom is 0.0663 e. The zero-order valence-corrected chi connectivity index (χ0v) is 8.40. The molecule has 0 radical (unpaired) electrons. The number of hydrogen-bond donors (Lipinski definition) is 2. The Morgan fingerprint density at radius 3 is 2.42 bits per heavy atom. The van der Waals surface area contributed by atoms with Crippen molar-refractivity contribution in [3.8, 4) is 0 Å². The number of nitrogens with two attached hydrogens (primary N) is 1. The predicted octanol–water partition coefficient (Wildman–Crippen LogP) is 1.99. The average molecular weight is 170 g/mol. The van der Waals surface area contributed by atoms with E-state index in [4.69, 9.17) is 5.73 Å². The van der Waals surface area contributed by atoms with Gasteiger partial charge in [-0.3, -0.25) is 5.32 Å². The molecule has 1 fully saturated rings. The summed E-state index contributed by atoms with van der Waals surface area (Å²) in [7, 11) is 0. The van der Waals surface area contributed by atoms with Crippen LogP contribution in [0.3, 0.4) is 0 Å². The van der Waals surface area contributed by atoms with Gasteiger partial charge in [0.25, 0.3) is 0 Å². The van der Waals surface area contributed by atoms with Crippen molar-refractivity contribution in [1.82, 2.24) is 5.32 Å². The predicted molar refractivity (Wildman–Crippen MR) is 52.9 cm³/mol. The van der Waals surface area contributed by atoms with Gasteiger partial charge in [0.05, 0.1) is 5.66 Å². The van der Waals surface area contributed by atoms with Gasteiger partial charge >= 0.3 is 0 Å². The molecule has 0 aromatic rings. The first kappa shape index (κ1) is 10.0. The minimum absolute atomic E-state index is 0.0479. The van der Waals surface area contributed by atoms with E-state index in [-0.39, 0.29) is 5.66 Å². The van der Waals surface area contributed by atoms with Crippen LogP contribution in [0, 0.1) is 0 Å². The van der Waals surface area contributed by atoms with Gasteiger partial charge in [-0.1, -0.05) is 26.2 Å². The molecule has 12 heavy (non-hydrogen) atoms. The van der Waals surface area contributed by atoms with E-state index in [1.165, 1.54) is 25.7 Å². The highest BCUT2D eigenvalue weighted by molar-refractivity contribution is 4.86. The Balaban J connectivity index is 2.35. The molecule has 0 spiro atoms.